The molecule has 0 saturated carbocycles. The molecule has 100 valence electrons. The monoisotopic (exact) mass is 244 g/mol. The Hall–Kier alpha value is -0.850. The lowest BCUT2D eigenvalue weighted by atomic mass is 10.3. The van der Waals surface area contributed by atoms with Crippen LogP contribution in [0.2, 0.25) is 0 Å². The largest absolute Gasteiger partial charge is 0.465 e. The fourth-order valence-electron chi connectivity index (χ4n) is 1.80. The molecule has 1 amide bonds. The van der Waals surface area contributed by atoms with E-state index in [4.69, 9.17) is 5.11 Å². The summed E-state index contributed by atoms with van der Waals surface area (Å²) in [5.41, 5.74) is 0. The molecule has 0 atom stereocenters. The summed E-state index contributed by atoms with van der Waals surface area (Å²) < 4.78 is 0. The zero-order valence-electron chi connectivity index (χ0n) is 10.4. The zero-order chi connectivity index (χ0) is 12.3. The van der Waals surface area contributed by atoms with Crippen LogP contribution >= 0.6 is 0 Å². The second-order valence-corrected chi connectivity index (χ2v) is 4.23. The van der Waals surface area contributed by atoms with Crippen LogP contribution < -0.4 is 16.0 Å². The van der Waals surface area contributed by atoms with Crippen molar-refractivity contribution in [2.24, 2.45) is 0 Å². The molecule has 0 radical (unpaired) electrons. The fraction of sp³-hybridized carbons (Fsp3) is 0.909. The predicted molar refractivity (Wildman–Crippen MR) is 67.4 cm³/mol. The van der Waals surface area contributed by atoms with Gasteiger partial charge in [-0.2, -0.15) is 0 Å². The molecular weight excluding hydrogens is 220 g/mol. The fourth-order valence-corrected chi connectivity index (χ4v) is 1.80. The van der Waals surface area contributed by atoms with E-state index in [2.05, 4.69) is 16.0 Å². The van der Waals surface area contributed by atoms with Gasteiger partial charge in [-0.1, -0.05) is 0 Å². The van der Waals surface area contributed by atoms with Gasteiger partial charge in [0.05, 0.1) is 0 Å². The van der Waals surface area contributed by atoms with Gasteiger partial charge >= 0.3 is 6.09 Å². The highest BCUT2D eigenvalue weighted by Gasteiger charge is 2.10. The number of carbonyl (C=O) groups is 1. The van der Waals surface area contributed by atoms with E-state index in [0.717, 1.165) is 52.1 Å². The zero-order valence-corrected chi connectivity index (χ0v) is 10.4. The van der Waals surface area contributed by atoms with Crippen LogP contribution in [0.4, 0.5) is 4.79 Å². The molecule has 0 aromatic rings. The third-order valence-corrected chi connectivity index (χ3v) is 2.80. The standard InChI is InChI=1S/C11H24N4O2/c16-11(17)15-9-2-5-13-7-6-12-3-1-4-14-8-10-15/h12-14H,1-10H2,(H,16,17). The van der Waals surface area contributed by atoms with E-state index in [1.54, 1.807) is 0 Å². The quantitative estimate of drug-likeness (QED) is 0.463. The van der Waals surface area contributed by atoms with E-state index < -0.39 is 6.09 Å². The molecule has 17 heavy (non-hydrogen) atoms. The van der Waals surface area contributed by atoms with Gasteiger partial charge in [0.1, 0.15) is 0 Å². The molecule has 1 aliphatic heterocycles. The van der Waals surface area contributed by atoms with Crippen LogP contribution in [0.5, 0.6) is 0 Å². The van der Waals surface area contributed by atoms with Crippen molar-refractivity contribution in [3.63, 3.8) is 0 Å². The number of rotatable bonds is 0. The maximum absolute atomic E-state index is 11.0. The van der Waals surface area contributed by atoms with Gasteiger partial charge in [-0.25, -0.2) is 4.79 Å². The van der Waals surface area contributed by atoms with Gasteiger partial charge in [-0.3, -0.25) is 0 Å². The third-order valence-electron chi connectivity index (χ3n) is 2.80. The smallest absolute Gasteiger partial charge is 0.407 e. The number of hydrogen-bond donors (Lipinski definition) is 4. The van der Waals surface area contributed by atoms with Crippen molar-refractivity contribution in [3.05, 3.63) is 0 Å². The van der Waals surface area contributed by atoms with Crippen LogP contribution in [-0.4, -0.2) is 68.5 Å². The van der Waals surface area contributed by atoms with Crippen molar-refractivity contribution in [3.8, 4) is 0 Å². The normalized spacial score (nSPS) is 21.8. The van der Waals surface area contributed by atoms with Crippen LogP contribution in [-0.2, 0) is 0 Å². The summed E-state index contributed by atoms with van der Waals surface area (Å²) in [5, 5.41) is 18.9. The number of carboxylic acid groups (broad SMARTS) is 1. The first-order valence-electron chi connectivity index (χ1n) is 6.41. The Balaban J connectivity index is 2.26. The second-order valence-electron chi connectivity index (χ2n) is 4.23. The highest BCUT2D eigenvalue weighted by Crippen LogP contribution is 1.92. The number of hydrogen-bond acceptors (Lipinski definition) is 4. The molecule has 0 aromatic heterocycles. The van der Waals surface area contributed by atoms with E-state index >= 15 is 0 Å². The molecule has 6 heteroatoms. The van der Waals surface area contributed by atoms with Crippen molar-refractivity contribution in [2.45, 2.75) is 12.8 Å². The molecule has 1 saturated heterocycles. The first-order chi connectivity index (χ1) is 8.30. The first kappa shape index (κ1) is 14.2. The summed E-state index contributed by atoms with van der Waals surface area (Å²) in [5.74, 6) is 0. The Bertz CT molecular complexity index is 200. The number of amides is 1. The van der Waals surface area contributed by atoms with Crippen molar-refractivity contribution in [1.82, 2.24) is 20.9 Å². The average molecular weight is 244 g/mol. The molecule has 1 aliphatic rings. The van der Waals surface area contributed by atoms with E-state index in [9.17, 15) is 4.79 Å². The molecule has 1 rings (SSSR count). The average Bonchev–Trinajstić information content (AvgIpc) is 2.31. The number of nitrogens with one attached hydrogen (secondary N) is 3. The van der Waals surface area contributed by atoms with Gasteiger partial charge in [-0.15, -0.1) is 0 Å². The van der Waals surface area contributed by atoms with Crippen molar-refractivity contribution >= 4 is 6.09 Å². The summed E-state index contributed by atoms with van der Waals surface area (Å²) in [7, 11) is 0. The minimum Gasteiger partial charge on any atom is -0.465 e. The van der Waals surface area contributed by atoms with Gasteiger partial charge in [0, 0.05) is 32.7 Å². The lowest BCUT2D eigenvalue weighted by Gasteiger charge is -2.20. The van der Waals surface area contributed by atoms with Crippen molar-refractivity contribution < 1.29 is 9.90 Å². The maximum atomic E-state index is 11.0. The summed E-state index contributed by atoms with van der Waals surface area (Å²) in [6.07, 6.45) is 1.12. The molecule has 6 nitrogen and oxygen atoms in total. The summed E-state index contributed by atoms with van der Waals surface area (Å²) in [6, 6.07) is 0. The molecular formula is C11H24N4O2. The predicted octanol–water partition coefficient (Wildman–Crippen LogP) is -0.471. The van der Waals surface area contributed by atoms with E-state index in [1.165, 1.54) is 4.90 Å². The summed E-state index contributed by atoms with van der Waals surface area (Å²) in [6.45, 7) is 6.66. The first-order valence-corrected chi connectivity index (χ1v) is 6.41. The molecule has 0 aliphatic carbocycles. The van der Waals surface area contributed by atoms with E-state index in [1.807, 2.05) is 0 Å². The Morgan fingerprint density at radius 3 is 2.06 bits per heavy atom. The third kappa shape index (κ3) is 7.14. The van der Waals surface area contributed by atoms with E-state index in [0.29, 0.717) is 13.1 Å². The second kappa shape index (κ2) is 9.21. The molecule has 0 bridgehead atoms. The lowest BCUT2D eigenvalue weighted by molar-refractivity contribution is 0.144. The molecule has 1 heterocycles. The van der Waals surface area contributed by atoms with Crippen LogP contribution in [0.3, 0.4) is 0 Å². The molecule has 0 unspecified atom stereocenters. The topological polar surface area (TPSA) is 76.6 Å². The number of nitrogens with zero attached hydrogens (tertiary/aromatic N) is 1. The Morgan fingerprint density at radius 1 is 0.824 bits per heavy atom. The summed E-state index contributed by atoms with van der Waals surface area (Å²) in [4.78, 5) is 12.4. The maximum Gasteiger partial charge on any atom is 0.407 e. The van der Waals surface area contributed by atoms with Gasteiger partial charge in [0.25, 0.3) is 0 Å². The van der Waals surface area contributed by atoms with Crippen LogP contribution in [0.1, 0.15) is 12.8 Å². The SMILES string of the molecule is O=C(O)N1CCCNCCNCCCNCC1. The van der Waals surface area contributed by atoms with E-state index in [-0.39, 0.29) is 0 Å². The molecule has 0 aromatic carbocycles. The Morgan fingerprint density at radius 2 is 1.41 bits per heavy atom. The molecule has 0 spiro atoms. The van der Waals surface area contributed by atoms with Gasteiger partial charge < -0.3 is 26.0 Å². The molecule has 1 fully saturated rings. The van der Waals surface area contributed by atoms with Crippen molar-refractivity contribution in [2.75, 3.05) is 52.4 Å². The highest BCUT2D eigenvalue weighted by molar-refractivity contribution is 5.64. The van der Waals surface area contributed by atoms with Crippen molar-refractivity contribution in [1.29, 1.82) is 0 Å². The molecule has 4 N–H and O–H groups in total. The summed E-state index contributed by atoms with van der Waals surface area (Å²) >= 11 is 0. The van der Waals surface area contributed by atoms with Gasteiger partial charge in [-0.05, 0) is 32.5 Å². The minimum absolute atomic E-state index is 0.572. The van der Waals surface area contributed by atoms with Crippen LogP contribution in [0, 0.1) is 0 Å². The van der Waals surface area contributed by atoms with Crippen LogP contribution in [0.25, 0.3) is 0 Å². The lowest BCUT2D eigenvalue weighted by Crippen LogP contribution is -2.39. The minimum atomic E-state index is -0.819. The Kier molecular flexibility index (Phi) is 7.70. The van der Waals surface area contributed by atoms with Gasteiger partial charge in [0.2, 0.25) is 0 Å². The van der Waals surface area contributed by atoms with Crippen LogP contribution in [0.15, 0.2) is 0 Å². The Labute approximate surface area is 103 Å². The van der Waals surface area contributed by atoms with Gasteiger partial charge in [0.15, 0.2) is 0 Å². The highest BCUT2D eigenvalue weighted by atomic mass is 16.4.